The normalized spacial score (nSPS) is 17.6. The fraction of sp³-hybridized carbons (Fsp3) is 0.714. The summed E-state index contributed by atoms with van der Waals surface area (Å²) in [6, 6.07) is 0. The van der Waals surface area contributed by atoms with Crippen molar-refractivity contribution >= 4 is 0 Å². The predicted octanol–water partition coefficient (Wildman–Crippen LogP) is 1.12. The third-order valence-corrected chi connectivity index (χ3v) is 1.70. The van der Waals surface area contributed by atoms with Gasteiger partial charge in [0.15, 0.2) is 0 Å². The van der Waals surface area contributed by atoms with Crippen LogP contribution < -0.4 is 5.32 Å². The molecule has 0 saturated carbocycles. The second-order valence-corrected chi connectivity index (χ2v) is 2.21. The zero-order chi connectivity index (χ0) is 6.69. The van der Waals surface area contributed by atoms with Gasteiger partial charge in [0.05, 0.1) is 6.67 Å². The van der Waals surface area contributed by atoms with E-state index in [1.54, 1.807) is 0 Å². The van der Waals surface area contributed by atoms with E-state index < -0.39 is 0 Å². The van der Waals surface area contributed by atoms with Crippen molar-refractivity contribution in [2.45, 2.75) is 20.3 Å². The first kappa shape index (κ1) is 6.46. The largest absolute Gasteiger partial charge is 0.372 e. The van der Waals surface area contributed by atoms with Gasteiger partial charge < -0.3 is 10.2 Å². The van der Waals surface area contributed by atoms with Crippen LogP contribution in [-0.4, -0.2) is 18.1 Å². The SMILES string of the molecule is CCC1=CNCN1CC. The van der Waals surface area contributed by atoms with Crippen molar-refractivity contribution in [3.05, 3.63) is 11.9 Å². The van der Waals surface area contributed by atoms with Gasteiger partial charge in [-0.25, -0.2) is 0 Å². The molecule has 0 saturated heterocycles. The molecule has 0 aliphatic carbocycles. The molecule has 0 spiro atoms. The van der Waals surface area contributed by atoms with Gasteiger partial charge in [0, 0.05) is 18.4 Å². The molecule has 0 fully saturated rings. The van der Waals surface area contributed by atoms with Crippen molar-refractivity contribution in [2.75, 3.05) is 13.2 Å². The van der Waals surface area contributed by atoms with Crippen LogP contribution in [0.25, 0.3) is 0 Å². The van der Waals surface area contributed by atoms with Gasteiger partial charge in [-0.1, -0.05) is 6.92 Å². The molecule has 0 aromatic rings. The molecule has 1 heterocycles. The molecule has 0 atom stereocenters. The molecule has 52 valence electrons. The fourth-order valence-corrected chi connectivity index (χ4v) is 1.11. The lowest BCUT2D eigenvalue weighted by Crippen LogP contribution is -2.22. The van der Waals surface area contributed by atoms with E-state index in [1.165, 1.54) is 5.70 Å². The Hall–Kier alpha value is -0.660. The van der Waals surface area contributed by atoms with Crippen LogP contribution >= 0.6 is 0 Å². The summed E-state index contributed by atoms with van der Waals surface area (Å²) in [5.41, 5.74) is 1.43. The van der Waals surface area contributed by atoms with E-state index in [1.807, 2.05) is 0 Å². The third kappa shape index (κ3) is 1.18. The maximum absolute atomic E-state index is 3.19. The molecule has 0 radical (unpaired) electrons. The highest BCUT2D eigenvalue weighted by Gasteiger charge is 2.08. The van der Waals surface area contributed by atoms with Crippen molar-refractivity contribution in [3.63, 3.8) is 0 Å². The van der Waals surface area contributed by atoms with E-state index in [-0.39, 0.29) is 0 Å². The summed E-state index contributed by atoms with van der Waals surface area (Å²) >= 11 is 0. The summed E-state index contributed by atoms with van der Waals surface area (Å²) < 4.78 is 0. The zero-order valence-corrected chi connectivity index (χ0v) is 6.15. The highest BCUT2D eigenvalue weighted by molar-refractivity contribution is 5.03. The first-order valence-electron chi connectivity index (χ1n) is 3.55. The number of nitrogens with one attached hydrogen (secondary N) is 1. The average molecular weight is 126 g/mol. The van der Waals surface area contributed by atoms with E-state index in [0.29, 0.717) is 0 Å². The highest BCUT2D eigenvalue weighted by Crippen LogP contribution is 2.09. The van der Waals surface area contributed by atoms with Crippen molar-refractivity contribution < 1.29 is 0 Å². The van der Waals surface area contributed by atoms with Gasteiger partial charge >= 0.3 is 0 Å². The van der Waals surface area contributed by atoms with E-state index in [0.717, 1.165) is 19.6 Å². The smallest absolute Gasteiger partial charge is 0.0869 e. The zero-order valence-electron chi connectivity index (χ0n) is 6.15. The topological polar surface area (TPSA) is 15.3 Å². The Morgan fingerprint density at radius 3 is 2.89 bits per heavy atom. The molecule has 0 bridgehead atoms. The minimum atomic E-state index is 1.000. The lowest BCUT2D eigenvalue weighted by Gasteiger charge is -2.17. The van der Waals surface area contributed by atoms with E-state index in [9.17, 15) is 0 Å². The molecule has 2 heteroatoms. The van der Waals surface area contributed by atoms with Gasteiger partial charge in [-0.15, -0.1) is 0 Å². The fourth-order valence-electron chi connectivity index (χ4n) is 1.11. The molecule has 1 rings (SSSR count). The summed E-state index contributed by atoms with van der Waals surface area (Å²) in [5.74, 6) is 0. The minimum absolute atomic E-state index is 1.000. The lowest BCUT2D eigenvalue weighted by atomic mass is 10.3. The van der Waals surface area contributed by atoms with Crippen LogP contribution in [0.4, 0.5) is 0 Å². The van der Waals surface area contributed by atoms with Crippen LogP contribution in [0.2, 0.25) is 0 Å². The van der Waals surface area contributed by atoms with Gasteiger partial charge in [0.25, 0.3) is 0 Å². The average Bonchev–Trinajstić information content (AvgIpc) is 2.33. The number of hydrogen-bond donors (Lipinski definition) is 1. The second-order valence-electron chi connectivity index (χ2n) is 2.21. The highest BCUT2D eigenvalue weighted by atomic mass is 15.3. The molecule has 0 aromatic carbocycles. The Labute approximate surface area is 56.5 Å². The molecule has 2 nitrogen and oxygen atoms in total. The predicted molar refractivity (Wildman–Crippen MR) is 38.8 cm³/mol. The summed E-state index contributed by atoms with van der Waals surface area (Å²) in [5, 5.41) is 3.19. The van der Waals surface area contributed by atoms with Gasteiger partial charge in [0.1, 0.15) is 0 Å². The van der Waals surface area contributed by atoms with Crippen LogP contribution in [0, 0.1) is 0 Å². The molecule has 1 aliphatic rings. The maximum atomic E-state index is 3.19. The van der Waals surface area contributed by atoms with Crippen LogP contribution in [0.1, 0.15) is 20.3 Å². The first-order valence-corrected chi connectivity index (χ1v) is 3.55. The Morgan fingerprint density at radius 1 is 1.67 bits per heavy atom. The van der Waals surface area contributed by atoms with Crippen LogP contribution in [-0.2, 0) is 0 Å². The number of nitrogens with zero attached hydrogens (tertiary/aromatic N) is 1. The molecule has 0 aromatic heterocycles. The third-order valence-electron chi connectivity index (χ3n) is 1.70. The van der Waals surface area contributed by atoms with Gasteiger partial charge in [-0.05, 0) is 13.3 Å². The van der Waals surface area contributed by atoms with Crippen molar-refractivity contribution in [1.29, 1.82) is 0 Å². The monoisotopic (exact) mass is 126 g/mol. The summed E-state index contributed by atoms with van der Waals surface area (Å²) in [6.45, 7) is 6.48. The Balaban J connectivity index is 2.47. The van der Waals surface area contributed by atoms with E-state index >= 15 is 0 Å². The number of rotatable bonds is 2. The van der Waals surface area contributed by atoms with Crippen molar-refractivity contribution in [1.82, 2.24) is 10.2 Å². The van der Waals surface area contributed by atoms with Crippen LogP contribution in [0.3, 0.4) is 0 Å². The molecule has 1 aliphatic heterocycles. The van der Waals surface area contributed by atoms with E-state index in [4.69, 9.17) is 0 Å². The van der Waals surface area contributed by atoms with Crippen LogP contribution in [0.15, 0.2) is 11.9 Å². The standard InChI is InChI=1S/C7H14N2/c1-3-7-5-8-6-9(7)4-2/h5,8H,3-4,6H2,1-2H3. The number of hydrogen-bond acceptors (Lipinski definition) is 2. The summed E-state index contributed by atoms with van der Waals surface area (Å²) in [6.07, 6.45) is 3.24. The Kier molecular flexibility index (Phi) is 1.98. The van der Waals surface area contributed by atoms with Crippen molar-refractivity contribution in [3.8, 4) is 0 Å². The molecule has 0 amide bonds. The second kappa shape index (κ2) is 2.76. The first-order chi connectivity index (χ1) is 4.38. The molecule has 9 heavy (non-hydrogen) atoms. The Bertz CT molecular complexity index is 118. The van der Waals surface area contributed by atoms with Gasteiger partial charge in [-0.2, -0.15) is 0 Å². The van der Waals surface area contributed by atoms with Gasteiger partial charge in [0.2, 0.25) is 0 Å². The minimum Gasteiger partial charge on any atom is -0.372 e. The molecule has 1 N–H and O–H groups in total. The number of allylic oxidation sites excluding steroid dienone is 1. The quantitative estimate of drug-likeness (QED) is 0.596. The summed E-state index contributed by atoms with van der Waals surface area (Å²) in [7, 11) is 0. The molecular formula is C7H14N2. The molecular weight excluding hydrogens is 112 g/mol. The van der Waals surface area contributed by atoms with E-state index in [2.05, 4.69) is 30.3 Å². The lowest BCUT2D eigenvalue weighted by molar-refractivity contribution is 0.374. The van der Waals surface area contributed by atoms with Crippen LogP contribution in [0.5, 0.6) is 0 Å². The Morgan fingerprint density at radius 2 is 2.44 bits per heavy atom. The maximum Gasteiger partial charge on any atom is 0.0869 e. The van der Waals surface area contributed by atoms with Crippen molar-refractivity contribution in [2.24, 2.45) is 0 Å². The van der Waals surface area contributed by atoms with Gasteiger partial charge in [-0.3, -0.25) is 0 Å². The molecule has 0 unspecified atom stereocenters. The summed E-state index contributed by atoms with van der Waals surface area (Å²) in [4.78, 5) is 2.33.